The number of nitrogens with one attached hydrogen (secondary N) is 1. The molecular weight excluding hydrogens is 449 g/mol. The van der Waals surface area contributed by atoms with Crippen LogP contribution in [0.2, 0.25) is 0 Å². The van der Waals surface area contributed by atoms with Crippen molar-refractivity contribution < 1.29 is 28.7 Å². The molecule has 0 saturated carbocycles. The number of ether oxygens (including phenoxy) is 1. The highest BCUT2D eigenvalue weighted by atomic mass is 19.1. The van der Waals surface area contributed by atoms with Gasteiger partial charge in [0.05, 0.1) is 24.5 Å². The lowest BCUT2D eigenvalue weighted by atomic mass is 10.2. The second-order valence-electron chi connectivity index (χ2n) is 8.03. The van der Waals surface area contributed by atoms with E-state index < -0.39 is 29.5 Å². The summed E-state index contributed by atoms with van der Waals surface area (Å²) < 4.78 is 20.5. The van der Waals surface area contributed by atoms with E-state index in [0.717, 1.165) is 6.07 Å². The summed E-state index contributed by atoms with van der Waals surface area (Å²) in [5.74, 6) is -1.25. The maximum Gasteiger partial charge on any atom is 0.414 e. The average molecular weight is 473 g/mol. The molecule has 2 N–H and O–H groups in total. The zero-order chi connectivity index (χ0) is 24.4. The van der Waals surface area contributed by atoms with Gasteiger partial charge in [0.15, 0.2) is 0 Å². The standard InChI is InChI=1S/C22H24FN5O6/c1-14(29)24-12-16-13-27(22(32)34-16)15-5-6-18(17(23)11-15)25-7-9-26(10-8-25)21(31)19-3-2-4-20(30)28(19)33/h2-6,11,16,33H,7-10,12-13H2,1H3,(H,24,29)/t16-/m0/s1. The fourth-order valence-corrected chi connectivity index (χ4v) is 3.97. The Balaban J connectivity index is 1.39. The topological polar surface area (TPSA) is 124 Å². The van der Waals surface area contributed by atoms with Crippen LogP contribution in [0.4, 0.5) is 20.6 Å². The monoisotopic (exact) mass is 473 g/mol. The minimum Gasteiger partial charge on any atom is -0.442 e. The summed E-state index contributed by atoms with van der Waals surface area (Å²) in [6.45, 7) is 2.96. The number of carbonyl (C=O) groups excluding carboxylic acids is 3. The number of hydrogen-bond acceptors (Lipinski definition) is 7. The summed E-state index contributed by atoms with van der Waals surface area (Å²) in [5, 5.41) is 12.4. The van der Waals surface area contributed by atoms with E-state index in [1.54, 1.807) is 17.0 Å². The predicted molar refractivity (Wildman–Crippen MR) is 119 cm³/mol. The van der Waals surface area contributed by atoms with Gasteiger partial charge in [-0.1, -0.05) is 6.07 Å². The quantitative estimate of drug-likeness (QED) is 0.611. The van der Waals surface area contributed by atoms with Crippen LogP contribution >= 0.6 is 0 Å². The SMILES string of the molecule is CC(=O)NC[C@H]1CN(c2ccc(N3CCN(C(=O)c4cccc(=O)n4O)CC3)c(F)c2)C(=O)O1. The van der Waals surface area contributed by atoms with Crippen LogP contribution in [0, 0.1) is 5.82 Å². The average Bonchev–Trinajstić information content (AvgIpc) is 3.19. The number of rotatable bonds is 5. The van der Waals surface area contributed by atoms with Crippen molar-refractivity contribution in [3.8, 4) is 0 Å². The fourth-order valence-electron chi connectivity index (χ4n) is 3.97. The van der Waals surface area contributed by atoms with Gasteiger partial charge in [0, 0.05) is 39.2 Å². The molecule has 12 heteroatoms. The number of carbonyl (C=O) groups is 3. The van der Waals surface area contributed by atoms with E-state index in [-0.39, 0.29) is 37.8 Å². The number of anilines is 2. The van der Waals surface area contributed by atoms with Gasteiger partial charge in [-0.15, -0.1) is 4.73 Å². The number of halogens is 1. The molecule has 180 valence electrons. The number of nitrogens with zero attached hydrogens (tertiary/aromatic N) is 4. The van der Waals surface area contributed by atoms with Crippen molar-refractivity contribution in [3.63, 3.8) is 0 Å². The maximum absolute atomic E-state index is 15.0. The molecule has 2 aliphatic rings. The molecule has 0 bridgehead atoms. The summed E-state index contributed by atoms with van der Waals surface area (Å²) in [7, 11) is 0. The van der Waals surface area contributed by atoms with Crippen LogP contribution in [-0.4, -0.2) is 78.1 Å². The van der Waals surface area contributed by atoms with Crippen molar-refractivity contribution in [1.82, 2.24) is 14.9 Å². The first-order valence-corrected chi connectivity index (χ1v) is 10.7. The fraction of sp³-hybridized carbons (Fsp3) is 0.364. The molecule has 4 rings (SSSR count). The van der Waals surface area contributed by atoms with Gasteiger partial charge < -0.3 is 25.1 Å². The van der Waals surface area contributed by atoms with Gasteiger partial charge in [-0.3, -0.25) is 19.3 Å². The van der Waals surface area contributed by atoms with Crippen LogP contribution in [0.25, 0.3) is 0 Å². The van der Waals surface area contributed by atoms with Gasteiger partial charge in [0.1, 0.15) is 17.6 Å². The highest BCUT2D eigenvalue weighted by molar-refractivity contribution is 5.92. The number of piperazine rings is 1. The zero-order valence-corrected chi connectivity index (χ0v) is 18.4. The van der Waals surface area contributed by atoms with Crippen LogP contribution in [0.5, 0.6) is 0 Å². The first kappa shape index (κ1) is 23.1. The third-order valence-corrected chi connectivity index (χ3v) is 5.75. The Labute approximate surface area is 193 Å². The van der Waals surface area contributed by atoms with Crippen molar-refractivity contribution in [3.05, 3.63) is 58.3 Å². The lowest BCUT2D eigenvalue weighted by molar-refractivity contribution is -0.119. The molecule has 3 heterocycles. The van der Waals surface area contributed by atoms with E-state index in [2.05, 4.69) is 5.32 Å². The second kappa shape index (κ2) is 9.41. The minimum atomic E-state index is -0.699. The van der Waals surface area contributed by atoms with E-state index in [1.165, 1.54) is 34.9 Å². The van der Waals surface area contributed by atoms with Crippen LogP contribution < -0.4 is 20.7 Å². The largest absolute Gasteiger partial charge is 0.442 e. The predicted octanol–water partition coefficient (Wildman–Crippen LogP) is 0.648. The Kier molecular flexibility index (Phi) is 6.39. The molecule has 3 amide bonds. The maximum atomic E-state index is 15.0. The first-order chi connectivity index (χ1) is 16.2. The molecule has 2 aromatic rings. The summed E-state index contributed by atoms with van der Waals surface area (Å²) in [6.07, 6.45) is -1.14. The zero-order valence-electron chi connectivity index (χ0n) is 18.4. The van der Waals surface area contributed by atoms with Gasteiger partial charge in [-0.05, 0) is 24.3 Å². The van der Waals surface area contributed by atoms with E-state index in [9.17, 15) is 28.8 Å². The molecule has 0 spiro atoms. The molecule has 0 aliphatic carbocycles. The summed E-state index contributed by atoms with van der Waals surface area (Å²) in [5.41, 5.74) is -0.159. The Morgan fingerprint density at radius 1 is 1.15 bits per heavy atom. The number of benzene rings is 1. The number of hydrogen-bond donors (Lipinski definition) is 2. The summed E-state index contributed by atoms with van der Waals surface area (Å²) in [4.78, 5) is 52.0. The van der Waals surface area contributed by atoms with Gasteiger partial charge in [0.25, 0.3) is 11.5 Å². The Hall–Kier alpha value is -4.09. The van der Waals surface area contributed by atoms with Crippen molar-refractivity contribution in [2.45, 2.75) is 13.0 Å². The number of amides is 3. The molecule has 2 fully saturated rings. The highest BCUT2D eigenvalue weighted by Gasteiger charge is 2.33. The van der Waals surface area contributed by atoms with E-state index in [4.69, 9.17) is 4.74 Å². The van der Waals surface area contributed by atoms with Crippen LogP contribution in [-0.2, 0) is 9.53 Å². The second-order valence-corrected chi connectivity index (χ2v) is 8.03. The molecule has 1 aromatic heterocycles. The van der Waals surface area contributed by atoms with E-state index >= 15 is 0 Å². The van der Waals surface area contributed by atoms with E-state index in [0.29, 0.717) is 29.2 Å². The molecule has 1 aromatic carbocycles. The van der Waals surface area contributed by atoms with Gasteiger partial charge in [-0.2, -0.15) is 0 Å². The molecule has 2 saturated heterocycles. The minimum absolute atomic E-state index is 0.134. The smallest absolute Gasteiger partial charge is 0.414 e. The Bertz CT molecular complexity index is 1180. The molecule has 1 atom stereocenters. The van der Waals surface area contributed by atoms with Gasteiger partial charge in [-0.25, -0.2) is 9.18 Å². The number of cyclic esters (lactones) is 1. The van der Waals surface area contributed by atoms with Gasteiger partial charge >= 0.3 is 6.09 Å². The highest BCUT2D eigenvalue weighted by Crippen LogP contribution is 2.28. The number of aromatic nitrogens is 1. The third kappa shape index (κ3) is 4.65. The molecule has 0 radical (unpaired) electrons. The number of pyridine rings is 1. The van der Waals surface area contributed by atoms with E-state index in [1.807, 2.05) is 0 Å². The van der Waals surface area contributed by atoms with Crippen molar-refractivity contribution >= 4 is 29.3 Å². The molecular formula is C22H24FN5O6. The third-order valence-electron chi connectivity index (χ3n) is 5.75. The first-order valence-electron chi connectivity index (χ1n) is 10.7. The lowest BCUT2D eigenvalue weighted by Crippen LogP contribution is -2.49. The molecule has 11 nitrogen and oxygen atoms in total. The van der Waals surface area contributed by atoms with Crippen molar-refractivity contribution in [2.75, 3.05) is 49.1 Å². The van der Waals surface area contributed by atoms with Crippen molar-refractivity contribution in [1.29, 1.82) is 0 Å². The van der Waals surface area contributed by atoms with Crippen LogP contribution in [0.3, 0.4) is 0 Å². The van der Waals surface area contributed by atoms with Crippen molar-refractivity contribution in [2.24, 2.45) is 0 Å². The lowest BCUT2D eigenvalue weighted by Gasteiger charge is -2.36. The Morgan fingerprint density at radius 2 is 1.88 bits per heavy atom. The normalized spacial score (nSPS) is 18.1. The summed E-state index contributed by atoms with van der Waals surface area (Å²) in [6, 6.07) is 8.34. The Morgan fingerprint density at radius 3 is 2.56 bits per heavy atom. The molecule has 34 heavy (non-hydrogen) atoms. The van der Waals surface area contributed by atoms with Gasteiger partial charge in [0.2, 0.25) is 5.91 Å². The molecule has 2 aliphatic heterocycles. The molecule has 0 unspecified atom stereocenters. The van der Waals surface area contributed by atoms with Crippen LogP contribution in [0.15, 0.2) is 41.2 Å². The summed E-state index contributed by atoms with van der Waals surface area (Å²) >= 11 is 0. The van der Waals surface area contributed by atoms with Crippen LogP contribution in [0.1, 0.15) is 17.4 Å².